The lowest BCUT2D eigenvalue weighted by Crippen LogP contribution is -2.30. The third-order valence-corrected chi connectivity index (χ3v) is 11.9. The summed E-state index contributed by atoms with van der Waals surface area (Å²) < 4.78 is 16.8. The van der Waals surface area contributed by atoms with Gasteiger partial charge in [-0.25, -0.2) is 0 Å². The van der Waals surface area contributed by atoms with Crippen LogP contribution in [0.15, 0.2) is 72.9 Å². The monoisotopic (exact) mass is 921 g/mol. The van der Waals surface area contributed by atoms with Gasteiger partial charge < -0.3 is 14.2 Å². The summed E-state index contributed by atoms with van der Waals surface area (Å²) in [4.78, 5) is 38.1. The van der Waals surface area contributed by atoms with Crippen LogP contribution in [0.25, 0.3) is 0 Å². The van der Waals surface area contributed by atoms with Crippen molar-refractivity contribution in [3.05, 3.63) is 72.9 Å². The summed E-state index contributed by atoms with van der Waals surface area (Å²) in [6, 6.07) is 0. The predicted octanol–water partition coefficient (Wildman–Crippen LogP) is 18.6. The molecule has 0 amide bonds. The zero-order chi connectivity index (χ0) is 47.9. The highest BCUT2D eigenvalue weighted by molar-refractivity contribution is 5.71. The van der Waals surface area contributed by atoms with Crippen molar-refractivity contribution in [3.8, 4) is 0 Å². The van der Waals surface area contributed by atoms with Crippen molar-refractivity contribution in [2.45, 2.75) is 277 Å². The number of hydrogen-bond donors (Lipinski definition) is 0. The smallest absolute Gasteiger partial charge is 0.306 e. The standard InChI is InChI=1S/C60H104O6/c1-4-7-10-13-16-19-22-24-26-28-29-30-31-32-34-35-38-41-44-47-50-53-59(62)65-56-57(55-64-58(61)52-49-46-43-40-37-21-18-15-12-9-6-3)66-60(63)54-51-48-45-42-39-36-33-27-25-23-20-17-14-11-8-5-2/h7,10,16,19-20,23-24,26-27,29-30,33,57H,4-6,8-9,11-15,17-18,21-22,25,28,31-32,34-56H2,1-3H3/b10-7-,19-16-,23-20-,26-24-,30-29-,33-27-. The van der Waals surface area contributed by atoms with E-state index >= 15 is 0 Å². The molecule has 0 saturated carbocycles. The molecule has 0 aromatic carbocycles. The number of ether oxygens (including phenoxy) is 3. The molecular weight excluding hydrogens is 817 g/mol. The number of unbranched alkanes of at least 4 members (excludes halogenated alkanes) is 27. The lowest BCUT2D eigenvalue weighted by molar-refractivity contribution is -0.167. The van der Waals surface area contributed by atoms with Gasteiger partial charge in [-0.05, 0) is 89.9 Å². The van der Waals surface area contributed by atoms with Gasteiger partial charge in [0, 0.05) is 19.3 Å². The van der Waals surface area contributed by atoms with E-state index < -0.39 is 6.10 Å². The molecule has 1 atom stereocenters. The number of rotatable bonds is 50. The maximum Gasteiger partial charge on any atom is 0.306 e. The molecule has 0 aromatic rings. The fourth-order valence-electron chi connectivity index (χ4n) is 7.76. The highest BCUT2D eigenvalue weighted by Gasteiger charge is 2.19. The fraction of sp³-hybridized carbons (Fsp3) is 0.750. The average Bonchev–Trinajstić information content (AvgIpc) is 3.31. The van der Waals surface area contributed by atoms with Crippen LogP contribution in [0.3, 0.4) is 0 Å². The zero-order valence-corrected chi connectivity index (χ0v) is 43.4. The van der Waals surface area contributed by atoms with Gasteiger partial charge in [0.15, 0.2) is 6.10 Å². The minimum atomic E-state index is -0.784. The second-order valence-corrected chi connectivity index (χ2v) is 18.5. The summed E-state index contributed by atoms with van der Waals surface area (Å²) in [6.07, 6.45) is 68.8. The lowest BCUT2D eigenvalue weighted by Gasteiger charge is -2.18. The van der Waals surface area contributed by atoms with Crippen molar-refractivity contribution in [2.24, 2.45) is 0 Å². The van der Waals surface area contributed by atoms with Gasteiger partial charge in [-0.1, -0.05) is 235 Å². The molecule has 66 heavy (non-hydrogen) atoms. The van der Waals surface area contributed by atoms with Crippen molar-refractivity contribution >= 4 is 17.9 Å². The Bertz CT molecular complexity index is 1240. The molecule has 0 heterocycles. The van der Waals surface area contributed by atoms with Gasteiger partial charge >= 0.3 is 17.9 Å². The first-order valence-electron chi connectivity index (χ1n) is 27.9. The van der Waals surface area contributed by atoms with Crippen LogP contribution in [-0.2, 0) is 28.6 Å². The van der Waals surface area contributed by atoms with E-state index in [9.17, 15) is 14.4 Å². The van der Waals surface area contributed by atoms with Crippen LogP contribution in [0.5, 0.6) is 0 Å². The van der Waals surface area contributed by atoms with Crippen LogP contribution in [0.2, 0.25) is 0 Å². The van der Waals surface area contributed by atoms with Crippen LogP contribution >= 0.6 is 0 Å². The highest BCUT2D eigenvalue weighted by Crippen LogP contribution is 2.15. The summed E-state index contributed by atoms with van der Waals surface area (Å²) in [5, 5.41) is 0. The molecule has 0 N–H and O–H groups in total. The van der Waals surface area contributed by atoms with Gasteiger partial charge in [-0.15, -0.1) is 0 Å². The minimum Gasteiger partial charge on any atom is -0.462 e. The van der Waals surface area contributed by atoms with Crippen molar-refractivity contribution in [2.75, 3.05) is 13.2 Å². The van der Waals surface area contributed by atoms with Crippen LogP contribution in [0.4, 0.5) is 0 Å². The predicted molar refractivity (Wildman–Crippen MR) is 284 cm³/mol. The molecule has 6 heteroatoms. The Kier molecular flexibility index (Phi) is 51.9. The first kappa shape index (κ1) is 62.8. The molecule has 0 aromatic heterocycles. The Morgan fingerprint density at radius 1 is 0.318 bits per heavy atom. The van der Waals surface area contributed by atoms with Crippen molar-refractivity contribution in [1.82, 2.24) is 0 Å². The van der Waals surface area contributed by atoms with E-state index in [0.29, 0.717) is 19.3 Å². The van der Waals surface area contributed by atoms with Gasteiger partial charge in [0.2, 0.25) is 0 Å². The maximum atomic E-state index is 12.8. The third-order valence-electron chi connectivity index (χ3n) is 11.9. The van der Waals surface area contributed by atoms with E-state index in [4.69, 9.17) is 14.2 Å². The molecule has 0 saturated heterocycles. The summed E-state index contributed by atoms with van der Waals surface area (Å²) in [5.74, 6) is -0.898. The van der Waals surface area contributed by atoms with E-state index in [-0.39, 0.29) is 31.1 Å². The Hall–Kier alpha value is -3.15. The van der Waals surface area contributed by atoms with E-state index in [1.54, 1.807) is 0 Å². The number of allylic oxidation sites excluding steroid dienone is 12. The summed E-state index contributed by atoms with van der Waals surface area (Å²) in [7, 11) is 0. The molecule has 1 unspecified atom stereocenters. The number of esters is 3. The number of hydrogen-bond acceptors (Lipinski definition) is 6. The molecule has 0 spiro atoms. The summed E-state index contributed by atoms with van der Waals surface area (Å²) >= 11 is 0. The Morgan fingerprint density at radius 3 is 0.939 bits per heavy atom. The van der Waals surface area contributed by atoms with Crippen molar-refractivity contribution < 1.29 is 28.6 Å². The molecule has 0 aliphatic carbocycles. The quantitative estimate of drug-likeness (QED) is 0.0262. The molecule has 0 bridgehead atoms. The van der Waals surface area contributed by atoms with Crippen LogP contribution in [-0.4, -0.2) is 37.2 Å². The van der Waals surface area contributed by atoms with Crippen LogP contribution in [0.1, 0.15) is 271 Å². The zero-order valence-electron chi connectivity index (χ0n) is 43.4. The molecular formula is C60H104O6. The van der Waals surface area contributed by atoms with E-state index in [1.165, 1.54) is 116 Å². The van der Waals surface area contributed by atoms with Crippen LogP contribution in [0, 0.1) is 0 Å². The maximum absolute atomic E-state index is 12.8. The largest absolute Gasteiger partial charge is 0.462 e. The van der Waals surface area contributed by atoms with Gasteiger partial charge in [0.1, 0.15) is 13.2 Å². The minimum absolute atomic E-state index is 0.0818. The Labute approximate surface area is 408 Å². The SMILES string of the molecule is CC/C=C\C/C=C\C/C=C\C/C=C\CCCCCCCCCCC(=O)OCC(COC(=O)CCCCCCCCCCCCC)OC(=O)CCCCCCC/C=C\C/C=C\CCCCCC. The van der Waals surface area contributed by atoms with Gasteiger partial charge in [-0.3, -0.25) is 14.4 Å². The topological polar surface area (TPSA) is 78.9 Å². The van der Waals surface area contributed by atoms with E-state index in [2.05, 4.69) is 93.7 Å². The second-order valence-electron chi connectivity index (χ2n) is 18.5. The third kappa shape index (κ3) is 51.8. The van der Waals surface area contributed by atoms with Crippen molar-refractivity contribution in [1.29, 1.82) is 0 Å². The lowest BCUT2D eigenvalue weighted by atomic mass is 10.1. The van der Waals surface area contributed by atoms with Crippen molar-refractivity contribution in [3.63, 3.8) is 0 Å². The van der Waals surface area contributed by atoms with E-state index in [0.717, 1.165) is 116 Å². The first-order chi connectivity index (χ1) is 32.5. The molecule has 0 aliphatic rings. The highest BCUT2D eigenvalue weighted by atomic mass is 16.6. The molecule has 6 nitrogen and oxygen atoms in total. The Balaban J connectivity index is 4.36. The van der Waals surface area contributed by atoms with Crippen LogP contribution < -0.4 is 0 Å². The number of carbonyl (C=O) groups is 3. The fourth-order valence-corrected chi connectivity index (χ4v) is 7.76. The molecule has 0 fully saturated rings. The molecule has 0 aliphatic heterocycles. The summed E-state index contributed by atoms with van der Waals surface area (Å²) in [6.45, 7) is 6.50. The molecule has 380 valence electrons. The Morgan fingerprint density at radius 2 is 0.591 bits per heavy atom. The second kappa shape index (κ2) is 54.5. The van der Waals surface area contributed by atoms with Gasteiger partial charge in [0.05, 0.1) is 0 Å². The average molecular weight is 921 g/mol. The number of carbonyl (C=O) groups excluding carboxylic acids is 3. The van der Waals surface area contributed by atoms with Gasteiger partial charge in [-0.2, -0.15) is 0 Å². The van der Waals surface area contributed by atoms with Gasteiger partial charge in [0.25, 0.3) is 0 Å². The summed E-state index contributed by atoms with van der Waals surface area (Å²) in [5.41, 5.74) is 0. The normalized spacial score (nSPS) is 12.6. The van der Waals surface area contributed by atoms with E-state index in [1.807, 2.05) is 0 Å². The first-order valence-corrected chi connectivity index (χ1v) is 27.9. The molecule has 0 radical (unpaired) electrons. The molecule has 0 rings (SSSR count).